The molecule has 3 aliphatic rings. The van der Waals surface area contributed by atoms with Crippen molar-refractivity contribution in [3.05, 3.63) is 35.9 Å². The average molecular weight is 485 g/mol. The van der Waals surface area contributed by atoms with E-state index in [1.54, 1.807) is 0 Å². The molecular weight excluding hydrogens is 434 g/mol. The Balaban J connectivity index is 1.32. The molecule has 0 spiro atoms. The number of benzene rings is 1. The molecule has 4 heteroatoms. The van der Waals surface area contributed by atoms with Gasteiger partial charge in [-0.25, -0.2) is 0 Å². The Kier molecular flexibility index (Phi) is 11.8. The Labute approximate surface area is 214 Å². The van der Waals surface area contributed by atoms with E-state index in [4.69, 9.17) is 4.74 Å². The van der Waals surface area contributed by atoms with E-state index >= 15 is 0 Å². The number of Topliss-reactive ketones (excluding diaryl/α,β-unsaturated/α-hetero) is 1. The van der Waals surface area contributed by atoms with Gasteiger partial charge in [0.25, 0.3) is 0 Å². The summed E-state index contributed by atoms with van der Waals surface area (Å²) in [6.07, 6.45) is 17.6. The summed E-state index contributed by atoms with van der Waals surface area (Å²) in [6.45, 7) is 7.70. The zero-order chi connectivity index (χ0) is 24.9. The molecule has 0 saturated carbocycles. The lowest BCUT2D eigenvalue weighted by Gasteiger charge is -2.51. The Hall–Kier alpha value is -1.68. The van der Waals surface area contributed by atoms with E-state index in [-0.39, 0.29) is 23.8 Å². The van der Waals surface area contributed by atoms with E-state index in [1.807, 2.05) is 37.3 Å². The molecule has 2 unspecified atom stereocenters. The van der Waals surface area contributed by atoms with Crippen molar-refractivity contribution in [3.8, 4) is 0 Å². The van der Waals surface area contributed by atoms with E-state index in [2.05, 4.69) is 6.92 Å². The number of ketones is 1. The molecular formula is C31H50NO3+. The predicted molar refractivity (Wildman–Crippen MR) is 143 cm³/mol. The lowest BCUT2D eigenvalue weighted by Crippen LogP contribution is -2.65. The standard InChI is InChI=1S/C31H50NO3/c1-3-4-5-6-7-8-9-10-11-12-14-17-26(2)31(34)35-30-25-32(22-20-28(30)21-23-32)24-29(33)27-18-15-13-16-19-27/h13,15-16,18-19,26,28,30H,3-12,14,17,20-25H2,1-2H3/q+1. The zero-order valence-corrected chi connectivity index (χ0v) is 22.5. The second kappa shape index (κ2) is 14.8. The van der Waals surface area contributed by atoms with Gasteiger partial charge in [-0.3, -0.25) is 9.59 Å². The summed E-state index contributed by atoms with van der Waals surface area (Å²) < 4.78 is 6.87. The number of carbonyl (C=O) groups excluding carboxylic acids is 2. The Morgan fingerprint density at radius 1 is 0.886 bits per heavy atom. The molecule has 196 valence electrons. The SMILES string of the molecule is CCCCCCCCCCCCCC(C)C(=O)OC1C[N+]2(CC(=O)c3ccccc3)CCC1CC2. The molecule has 2 bridgehead atoms. The van der Waals surface area contributed by atoms with Crippen LogP contribution >= 0.6 is 0 Å². The van der Waals surface area contributed by atoms with Crippen molar-refractivity contribution in [1.82, 2.24) is 0 Å². The third kappa shape index (κ3) is 9.04. The highest BCUT2D eigenvalue weighted by Gasteiger charge is 2.48. The van der Waals surface area contributed by atoms with Gasteiger partial charge >= 0.3 is 5.97 Å². The van der Waals surface area contributed by atoms with E-state index in [0.717, 1.165) is 55.4 Å². The second-order valence-electron chi connectivity index (χ2n) is 11.5. The first kappa shape index (κ1) is 27.9. The van der Waals surface area contributed by atoms with Gasteiger partial charge in [-0.05, 0) is 6.42 Å². The van der Waals surface area contributed by atoms with Crippen molar-refractivity contribution in [2.75, 3.05) is 26.2 Å². The van der Waals surface area contributed by atoms with Gasteiger partial charge in [0.15, 0.2) is 6.10 Å². The number of ether oxygens (including phenoxy) is 1. The van der Waals surface area contributed by atoms with E-state index < -0.39 is 0 Å². The molecule has 0 amide bonds. The van der Waals surface area contributed by atoms with Gasteiger partial charge in [0.05, 0.1) is 19.0 Å². The van der Waals surface area contributed by atoms with Crippen molar-refractivity contribution in [2.24, 2.45) is 11.8 Å². The van der Waals surface area contributed by atoms with E-state index in [0.29, 0.717) is 12.5 Å². The number of rotatable bonds is 17. The first-order chi connectivity index (χ1) is 17.0. The normalized spacial score (nSPS) is 24.3. The number of hydrogen-bond acceptors (Lipinski definition) is 3. The fourth-order valence-corrected chi connectivity index (χ4v) is 6.09. The number of nitrogens with zero attached hydrogens (tertiary/aromatic N) is 1. The molecule has 3 heterocycles. The van der Waals surface area contributed by atoms with Crippen LogP contribution in [-0.4, -0.2) is 48.5 Å². The molecule has 2 atom stereocenters. The molecule has 4 nitrogen and oxygen atoms in total. The maximum absolute atomic E-state index is 12.9. The third-order valence-corrected chi connectivity index (χ3v) is 8.53. The van der Waals surface area contributed by atoms with Crippen molar-refractivity contribution >= 4 is 11.8 Å². The van der Waals surface area contributed by atoms with Crippen LogP contribution in [0.3, 0.4) is 0 Å². The number of piperidine rings is 3. The number of fused-ring (bicyclic) bond motifs is 3. The van der Waals surface area contributed by atoms with Crippen molar-refractivity contribution < 1.29 is 18.8 Å². The summed E-state index contributed by atoms with van der Waals surface area (Å²) in [4.78, 5) is 25.7. The summed E-state index contributed by atoms with van der Waals surface area (Å²) in [5, 5.41) is 0. The maximum atomic E-state index is 12.9. The van der Waals surface area contributed by atoms with Crippen LogP contribution in [0.1, 0.15) is 114 Å². The molecule has 3 aliphatic heterocycles. The third-order valence-electron chi connectivity index (χ3n) is 8.53. The van der Waals surface area contributed by atoms with Crippen LogP contribution in [0.15, 0.2) is 30.3 Å². The van der Waals surface area contributed by atoms with Crippen molar-refractivity contribution in [3.63, 3.8) is 0 Å². The molecule has 3 saturated heterocycles. The highest BCUT2D eigenvalue weighted by atomic mass is 16.5. The van der Waals surface area contributed by atoms with Crippen LogP contribution in [0, 0.1) is 11.8 Å². The summed E-state index contributed by atoms with van der Waals surface area (Å²) in [7, 11) is 0. The first-order valence-corrected chi connectivity index (χ1v) is 14.7. The topological polar surface area (TPSA) is 43.4 Å². The fraction of sp³-hybridized carbons (Fsp3) is 0.742. The van der Waals surface area contributed by atoms with Gasteiger partial charge < -0.3 is 9.22 Å². The molecule has 0 radical (unpaired) electrons. The monoisotopic (exact) mass is 484 g/mol. The number of esters is 1. The Bertz CT molecular complexity index is 754. The molecule has 0 aromatic heterocycles. The van der Waals surface area contributed by atoms with Gasteiger partial charge in [-0.2, -0.15) is 0 Å². The summed E-state index contributed by atoms with van der Waals surface area (Å²) in [6, 6.07) is 9.62. The van der Waals surface area contributed by atoms with Crippen LogP contribution in [-0.2, 0) is 9.53 Å². The van der Waals surface area contributed by atoms with E-state index in [9.17, 15) is 9.59 Å². The van der Waals surface area contributed by atoms with Crippen molar-refractivity contribution in [1.29, 1.82) is 0 Å². The zero-order valence-electron chi connectivity index (χ0n) is 22.5. The van der Waals surface area contributed by atoms with Crippen LogP contribution in [0.2, 0.25) is 0 Å². The van der Waals surface area contributed by atoms with Gasteiger partial charge in [-0.15, -0.1) is 0 Å². The van der Waals surface area contributed by atoms with Gasteiger partial charge in [0.1, 0.15) is 13.1 Å². The lowest BCUT2D eigenvalue weighted by molar-refractivity contribution is -0.938. The quantitative estimate of drug-likeness (QED) is 0.100. The molecule has 3 fully saturated rings. The molecule has 35 heavy (non-hydrogen) atoms. The fourth-order valence-electron chi connectivity index (χ4n) is 6.09. The predicted octanol–water partition coefficient (Wildman–Crippen LogP) is 7.36. The molecule has 0 aliphatic carbocycles. The minimum absolute atomic E-state index is 0.0200. The highest BCUT2D eigenvalue weighted by Crippen LogP contribution is 2.36. The van der Waals surface area contributed by atoms with Crippen LogP contribution in [0.4, 0.5) is 0 Å². The van der Waals surface area contributed by atoms with Crippen LogP contribution < -0.4 is 0 Å². The number of unbranched alkanes of at least 4 members (excludes halogenated alkanes) is 10. The number of carbonyl (C=O) groups is 2. The maximum Gasteiger partial charge on any atom is 0.309 e. The average Bonchev–Trinajstić information content (AvgIpc) is 2.88. The minimum Gasteiger partial charge on any atom is -0.456 e. The smallest absolute Gasteiger partial charge is 0.309 e. The number of quaternary nitrogens is 1. The summed E-state index contributed by atoms with van der Waals surface area (Å²) >= 11 is 0. The number of hydrogen-bond donors (Lipinski definition) is 0. The summed E-state index contributed by atoms with van der Waals surface area (Å²) in [5.41, 5.74) is 0.793. The minimum atomic E-state index is -0.0247. The first-order valence-electron chi connectivity index (χ1n) is 14.7. The molecule has 1 aromatic carbocycles. The van der Waals surface area contributed by atoms with Crippen LogP contribution in [0.5, 0.6) is 0 Å². The van der Waals surface area contributed by atoms with E-state index in [1.165, 1.54) is 64.2 Å². The van der Waals surface area contributed by atoms with Crippen LogP contribution in [0.25, 0.3) is 0 Å². The molecule has 4 rings (SSSR count). The second-order valence-corrected chi connectivity index (χ2v) is 11.5. The molecule has 1 aromatic rings. The van der Waals surface area contributed by atoms with Gasteiger partial charge in [0, 0.05) is 24.3 Å². The highest BCUT2D eigenvalue weighted by molar-refractivity contribution is 5.96. The summed E-state index contributed by atoms with van der Waals surface area (Å²) in [5.74, 6) is 0.632. The Morgan fingerprint density at radius 2 is 1.46 bits per heavy atom. The van der Waals surface area contributed by atoms with Crippen molar-refractivity contribution in [2.45, 2.75) is 110 Å². The Morgan fingerprint density at radius 3 is 2.06 bits per heavy atom. The molecule has 0 N–H and O–H groups in total. The largest absolute Gasteiger partial charge is 0.456 e. The van der Waals surface area contributed by atoms with Gasteiger partial charge in [0.2, 0.25) is 5.78 Å². The van der Waals surface area contributed by atoms with Gasteiger partial charge in [-0.1, -0.05) is 115 Å². The lowest BCUT2D eigenvalue weighted by atomic mass is 9.82.